The van der Waals surface area contributed by atoms with Crippen molar-refractivity contribution in [3.8, 4) is 5.75 Å². The molecule has 5 nitrogen and oxygen atoms in total. The van der Waals surface area contributed by atoms with Gasteiger partial charge in [-0.1, -0.05) is 24.3 Å². The Morgan fingerprint density at radius 1 is 1.00 bits per heavy atom. The van der Waals surface area contributed by atoms with Gasteiger partial charge in [-0.25, -0.2) is 0 Å². The number of fused-ring (bicyclic) bond motifs is 1. The molecule has 3 aromatic rings. The van der Waals surface area contributed by atoms with E-state index in [-0.39, 0.29) is 5.91 Å². The molecule has 1 aliphatic heterocycles. The third kappa shape index (κ3) is 3.43. The fourth-order valence-corrected chi connectivity index (χ4v) is 3.84. The quantitative estimate of drug-likeness (QED) is 0.715. The second kappa shape index (κ2) is 7.45. The minimum atomic E-state index is 0.128. The van der Waals surface area contributed by atoms with Crippen molar-refractivity contribution in [3.05, 3.63) is 65.9 Å². The van der Waals surface area contributed by atoms with E-state index in [0.29, 0.717) is 0 Å². The SMILES string of the molecule is COc1ccccc1CN1CCN(C(=O)c2cccc3c2ccn3C)CC1. The predicted molar refractivity (Wildman–Crippen MR) is 107 cm³/mol. The molecule has 5 heteroatoms. The highest BCUT2D eigenvalue weighted by molar-refractivity contribution is 6.06. The van der Waals surface area contributed by atoms with Crippen LogP contribution in [0.15, 0.2) is 54.7 Å². The average Bonchev–Trinajstić information content (AvgIpc) is 3.10. The number of rotatable bonds is 4. The van der Waals surface area contributed by atoms with Crippen molar-refractivity contribution >= 4 is 16.8 Å². The summed E-state index contributed by atoms with van der Waals surface area (Å²) < 4.78 is 7.51. The molecule has 0 spiro atoms. The second-order valence-corrected chi connectivity index (χ2v) is 7.05. The fourth-order valence-electron chi connectivity index (χ4n) is 3.84. The standard InChI is InChI=1S/C22H25N3O2/c1-23-11-10-18-19(7-5-8-20(18)23)22(26)25-14-12-24(13-15-25)16-17-6-3-4-9-21(17)27-2/h3-11H,12-16H2,1-2H3. The Morgan fingerprint density at radius 2 is 1.78 bits per heavy atom. The van der Waals surface area contributed by atoms with Gasteiger partial charge in [-0.15, -0.1) is 0 Å². The number of nitrogens with zero attached hydrogens (tertiary/aromatic N) is 3. The first-order valence-electron chi connectivity index (χ1n) is 9.35. The molecule has 0 atom stereocenters. The van der Waals surface area contributed by atoms with Gasteiger partial charge in [0.15, 0.2) is 0 Å². The van der Waals surface area contributed by atoms with Gasteiger partial charge in [0.25, 0.3) is 5.91 Å². The predicted octanol–water partition coefficient (Wildman–Crippen LogP) is 3.14. The number of carbonyl (C=O) groups excluding carboxylic acids is 1. The van der Waals surface area contributed by atoms with Gasteiger partial charge in [0.05, 0.1) is 7.11 Å². The van der Waals surface area contributed by atoms with E-state index < -0.39 is 0 Å². The van der Waals surface area contributed by atoms with Crippen LogP contribution >= 0.6 is 0 Å². The molecule has 0 aliphatic carbocycles. The summed E-state index contributed by atoms with van der Waals surface area (Å²) in [4.78, 5) is 17.4. The lowest BCUT2D eigenvalue weighted by Gasteiger charge is -2.35. The van der Waals surface area contributed by atoms with Crippen molar-refractivity contribution < 1.29 is 9.53 Å². The minimum Gasteiger partial charge on any atom is -0.496 e. The minimum absolute atomic E-state index is 0.128. The Kier molecular flexibility index (Phi) is 4.86. The van der Waals surface area contributed by atoms with Gasteiger partial charge in [-0.3, -0.25) is 9.69 Å². The molecule has 0 radical (unpaired) electrons. The molecular weight excluding hydrogens is 338 g/mol. The van der Waals surface area contributed by atoms with Crippen molar-refractivity contribution in [2.75, 3.05) is 33.3 Å². The largest absolute Gasteiger partial charge is 0.496 e. The van der Waals surface area contributed by atoms with Crippen LogP contribution in [0.1, 0.15) is 15.9 Å². The molecule has 1 aliphatic rings. The normalized spacial score (nSPS) is 15.3. The van der Waals surface area contributed by atoms with E-state index in [2.05, 4.69) is 21.6 Å². The second-order valence-electron chi connectivity index (χ2n) is 7.05. The molecule has 1 aromatic heterocycles. The topological polar surface area (TPSA) is 37.7 Å². The Hall–Kier alpha value is -2.79. The van der Waals surface area contributed by atoms with Crippen molar-refractivity contribution in [3.63, 3.8) is 0 Å². The van der Waals surface area contributed by atoms with Gasteiger partial charge in [-0.2, -0.15) is 0 Å². The highest BCUT2D eigenvalue weighted by Gasteiger charge is 2.24. The van der Waals surface area contributed by atoms with Gasteiger partial charge < -0.3 is 14.2 Å². The van der Waals surface area contributed by atoms with Gasteiger partial charge >= 0.3 is 0 Å². The summed E-state index contributed by atoms with van der Waals surface area (Å²) in [5, 5.41) is 1.03. The third-order valence-corrected chi connectivity index (χ3v) is 5.40. The summed E-state index contributed by atoms with van der Waals surface area (Å²) in [6.45, 7) is 4.08. The van der Waals surface area contributed by atoms with Crippen LogP contribution in [0.3, 0.4) is 0 Å². The zero-order valence-corrected chi connectivity index (χ0v) is 15.9. The zero-order valence-electron chi connectivity index (χ0n) is 15.9. The smallest absolute Gasteiger partial charge is 0.254 e. The molecule has 1 saturated heterocycles. The Balaban J connectivity index is 1.43. The molecule has 140 valence electrons. The molecule has 0 unspecified atom stereocenters. The number of methoxy groups -OCH3 is 1. The van der Waals surface area contributed by atoms with Crippen molar-refractivity contribution in [1.82, 2.24) is 14.4 Å². The van der Waals surface area contributed by atoms with Crippen LogP contribution in [0.2, 0.25) is 0 Å². The van der Waals surface area contributed by atoms with Crippen molar-refractivity contribution in [1.29, 1.82) is 0 Å². The number of ether oxygens (including phenoxy) is 1. The number of para-hydroxylation sites is 1. The molecular formula is C22H25N3O2. The van der Waals surface area contributed by atoms with Crippen LogP contribution in [0.4, 0.5) is 0 Å². The molecule has 4 rings (SSSR count). The molecule has 1 fully saturated rings. The van der Waals surface area contributed by atoms with E-state index in [1.165, 1.54) is 5.56 Å². The highest BCUT2D eigenvalue weighted by atomic mass is 16.5. The van der Waals surface area contributed by atoms with E-state index in [1.807, 2.05) is 54.5 Å². The lowest BCUT2D eigenvalue weighted by Crippen LogP contribution is -2.48. The summed E-state index contributed by atoms with van der Waals surface area (Å²) in [7, 11) is 3.72. The zero-order chi connectivity index (χ0) is 18.8. The van der Waals surface area contributed by atoms with Crippen molar-refractivity contribution in [2.45, 2.75) is 6.54 Å². The molecule has 0 saturated carbocycles. The van der Waals surface area contributed by atoms with Crippen LogP contribution in [0.5, 0.6) is 5.75 Å². The Morgan fingerprint density at radius 3 is 2.56 bits per heavy atom. The maximum absolute atomic E-state index is 13.1. The first-order chi connectivity index (χ1) is 13.2. The van der Waals surface area contributed by atoms with Gasteiger partial charge in [-0.05, 0) is 24.3 Å². The Labute approximate surface area is 159 Å². The fraction of sp³-hybridized carbons (Fsp3) is 0.318. The first-order valence-corrected chi connectivity index (χ1v) is 9.35. The number of benzene rings is 2. The van der Waals surface area contributed by atoms with Crippen LogP contribution < -0.4 is 4.74 Å². The van der Waals surface area contributed by atoms with E-state index in [4.69, 9.17) is 4.74 Å². The molecule has 2 heterocycles. The maximum Gasteiger partial charge on any atom is 0.254 e. The van der Waals surface area contributed by atoms with Gasteiger partial charge in [0.2, 0.25) is 0 Å². The Bertz CT molecular complexity index is 955. The molecule has 27 heavy (non-hydrogen) atoms. The van der Waals surface area contributed by atoms with Gasteiger partial charge in [0.1, 0.15) is 5.75 Å². The number of piperazine rings is 1. The third-order valence-electron chi connectivity index (χ3n) is 5.40. The molecule has 0 bridgehead atoms. The lowest BCUT2D eigenvalue weighted by atomic mass is 10.1. The highest BCUT2D eigenvalue weighted by Crippen LogP contribution is 2.23. The van der Waals surface area contributed by atoms with Gasteiger partial charge in [0, 0.05) is 68.0 Å². The van der Waals surface area contributed by atoms with Crippen LogP contribution in [-0.4, -0.2) is 53.6 Å². The molecule has 0 N–H and O–H groups in total. The number of carbonyl (C=O) groups is 1. The van der Waals surface area contributed by atoms with Crippen LogP contribution in [0, 0.1) is 0 Å². The average molecular weight is 363 g/mol. The maximum atomic E-state index is 13.1. The number of hydrogen-bond acceptors (Lipinski definition) is 3. The summed E-state index contributed by atoms with van der Waals surface area (Å²) in [6.07, 6.45) is 2.01. The van der Waals surface area contributed by atoms with E-state index in [1.54, 1.807) is 7.11 Å². The number of aromatic nitrogens is 1. The summed E-state index contributed by atoms with van der Waals surface area (Å²) in [5.41, 5.74) is 3.08. The summed E-state index contributed by atoms with van der Waals surface area (Å²) in [6, 6.07) is 16.1. The molecule has 2 aromatic carbocycles. The monoisotopic (exact) mass is 363 g/mol. The lowest BCUT2D eigenvalue weighted by molar-refractivity contribution is 0.0629. The summed E-state index contributed by atoms with van der Waals surface area (Å²) in [5.74, 6) is 1.05. The van der Waals surface area contributed by atoms with E-state index in [9.17, 15) is 4.79 Å². The van der Waals surface area contributed by atoms with Crippen molar-refractivity contribution in [2.24, 2.45) is 7.05 Å². The molecule has 1 amide bonds. The summed E-state index contributed by atoms with van der Waals surface area (Å²) >= 11 is 0. The number of hydrogen-bond donors (Lipinski definition) is 0. The van der Waals surface area contributed by atoms with E-state index in [0.717, 1.165) is 54.9 Å². The van der Waals surface area contributed by atoms with Crippen LogP contribution in [0.25, 0.3) is 10.9 Å². The number of aryl methyl sites for hydroxylation is 1. The number of amides is 1. The first kappa shape index (κ1) is 17.6. The van der Waals surface area contributed by atoms with Crippen LogP contribution in [-0.2, 0) is 13.6 Å². The van der Waals surface area contributed by atoms with E-state index >= 15 is 0 Å².